The fraction of sp³-hybridized carbons (Fsp3) is 0.556. The third-order valence-electron chi connectivity index (χ3n) is 4.70. The van der Waals surface area contributed by atoms with Crippen molar-refractivity contribution < 1.29 is 27.9 Å². The first-order valence-electron chi connectivity index (χ1n) is 8.38. The summed E-state index contributed by atoms with van der Waals surface area (Å²) in [6.45, 7) is 0. The molecule has 1 aliphatic carbocycles. The van der Waals surface area contributed by atoms with Crippen LogP contribution in [0.3, 0.4) is 0 Å². The van der Waals surface area contributed by atoms with Gasteiger partial charge >= 0.3 is 12.1 Å². The number of benzene rings is 1. The Morgan fingerprint density at radius 2 is 1.72 bits per heavy atom. The molecule has 0 aromatic heterocycles. The summed E-state index contributed by atoms with van der Waals surface area (Å²) in [5, 5.41) is 11.8. The van der Waals surface area contributed by atoms with Crippen molar-refractivity contribution in [3.63, 3.8) is 0 Å². The highest BCUT2D eigenvalue weighted by Gasteiger charge is 2.41. The molecule has 1 unspecified atom stereocenters. The molecule has 0 aliphatic heterocycles. The molecule has 2 N–H and O–H groups in total. The van der Waals surface area contributed by atoms with Gasteiger partial charge in [-0.05, 0) is 37.2 Å². The second-order valence-electron chi connectivity index (χ2n) is 6.61. The minimum absolute atomic E-state index is 0.0355. The van der Waals surface area contributed by atoms with Gasteiger partial charge in [0.15, 0.2) is 0 Å². The number of alkyl halides is 3. The molecular weight excluding hydrogens is 335 g/mol. The number of carboxylic acid groups (broad SMARTS) is 1. The number of hydrogen-bond donors (Lipinski definition) is 2. The van der Waals surface area contributed by atoms with Crippen LogP contribution in [-0.2, 0) is 16.0 Å². The van der Waals surface area contributed by atoms with Crippen molar-refractivity contribution >= 4 is 11.9 Å². The molecule has 0 spiro atoms. The Bertz CT molecular complexity index is 581. The number of nitrogens with one attached hydrogen (secondary N) is 1. The third kappa shape index (κ3) is 6.07. The average Bonchev–Trinajstić information content (AvgIpc) is 2.54. The Morgan fingerprint density at radius 3 is 2.24 bits per heavy atom. The van der Waals surface area contributed by atoms with Gasteiger partial charge in [0, 0.05) is 12.8 Å². The standard InChI is InChI=1S/C18H22F3NO3/c19-18(20,21)14-8-6-13(7-9-14)11-16(23)22-15(17(24)25)10-12-4-2-1-3-5-12/h1-5,13-15H,6-11H2,(H,22,23)(H,24,25). The highest BCUT2D eigenvalue weighted by molar-refractivity contribution is 5.83. The zero-order valence-corrected chi connectivity index (χ0v) is 13.8. The second-order valence-corrected chi connectivity index (χ2v) is 6.61. The second kappa shape index (κ2) is 8.36. The van der Waals surface area contributed by atoms with E-state index >= 15 is 0 Å². The van der Waals surface area contributed by atoms with Crippen LogP contribution in [0.4, 0.5) is 13.2 Å². The monoisotopic (exact) mass is 357 g/mol. The molecule has 1 aromatic carbocycles. The van der Waals surface area contributed by atoms with Gasteiger partial charge in [0.25, 0.3) is 0 Å². The van der Waals surface area contributed by atoms with Crippen molar-refractivity contribution in [2.24, 2.45) is 11.8 Å². The van der Waals surface area contributed by atoms with Crippen LogP contribution in [0.5, 0.6) is 0 Å². The molecule has 1 aromatic rings. The number of rotatable bonds is 6. The summed E-state index contributed by atoms with van der Waals surface area (Å²) in [7, 11) is 0. The molecule has 1 amide bonds. The molecule has 0 bridgehead atoms. The summed E-state index contributed by atoms with van der Waals surface area (Å²) >= 11 is 0. The quantitative estimate of drug-likeness (QED) is 0.818. The van der Waals surface area contributed by atoms with E-state index in [9.17, 15) is 27.9 Å². The van der Waals surface area contributed by atoms with Crippen LogP contribution in [0.15, 0.2) is 30.3 Å². The van der Waals surface area contributed by atoms with Crippen molar-refractivity contribution in [1.29, 1.82) is 0 Å². The van der Waals surface area contributed by atoms with Crippen LogP contribution < -0.4 is 5.32 Å². The van der Waals surface area contributed by atoms with Crippen molar-refractivity contribution in [3.8, 4) is 0 Å². The maximum atomic E-state index is 12.7. The van der Waals surface area contributed by atoms with Crippen molar-refractivity contribution in [2.45, 2.75) is 50.7 Å². The highest BCUT2D eigenvalue weighted by atomic mass is 19.4. The van der Waals surface area contributed by atoms with Gasteiger partial charge < -0.3 is 10.4 Å². The van der Waals surface area contributed by atoms with Crippen molar-refractivity contribution in [1.82, 2.24) is 5.32 Å². The first-order chi connectivity index (χ1) is 11.8. The summed E-state index contributed by atoms with van der Waals surface area (Å²) in [6.07, 6.45) is -3.17. The van der Waals surface area contributed by atoms with Gasteiger partial charge in [0.2, 0.25) is 5.91 Å². The van der Waals surface area contributed by atoms with Gasteiger partial charge in [-0.2, -0.15) is 13.2 Å². The van der Waals surface area contributed by atoms with Crippen LogP contribution in [0.25, 0.3) is 0 Å². The van der Waals surface area contributed by atoms with E-state index in [2.05, 4.69) is 5.32 Å². The molecule has 7 heteroatoms. The maximum Gasteiger partial charge on any atom is 0.391 e. The molecule has 2 rings (SSSR count). The van der Waals surface area contributed by atoms with E-state index in [1.807, 2.05) is 6.07 Å². The summed E-state index contributed by atoms with van der Waals surface area (Å²) < 4.78 is 38.0. The predicted octanol–water partition coefficient (Wildman–Crippen LogP) is 3.56. The zero-order valence-electron chi connectivity index (χ0n) is 13.8. The summed E-state index contributed by atoms with van der Waals surface area (Å²) in [5.41, 5.74) is 0.792. The lowest BCUT2D eigenvalue weighted by Crippen LogP contribution is -2.43. The Labute approximate surface area is 144 Å². The first kappa shape index (κ1) is 19.3. The highest BCUT2D eigenvalue weighted by Crippen LogP contribution is 2.40. The Hall–Kier alpha value is -2.05. The van der Waals surface area contributed by atoms with E-state index < -0.39 is 30.0 Å². The van der Waals surface area contributed by atoms with Gasteiger partial charge in [0.05, 0.1) is 5.92 Å². The van der Waals surface area contributed by atoms with E-state index in [0.717, 1.165) is 5.56 Å². The van der Waals surface area contributed by atoms with Crippen LogP contribution in [-0.4, -0.2) is 29.2 Å². The van der Waals surface area contributed by atoms with Crippen molar-refractivity contribution in [3.05, 3.63) is 35.9 Å². The van der Waals surface area contributed by atoms with Gasteiger partial charge in [-0.25, -0.2) is 4.79 Å². The van der Waals surface area contributed by atoms with E-state index in [1.54, 1.807) is 24.3 Å². The number of carboxylic acids is 1. The average molecular weight is 357 g/mol. The van der Waals surface area contributed by atoms with Crippen LogP contribution in [0.2, 0.25) is 0 Å². The van der Waals surface area contributed by atoms with Crippen LogP contribution in [0, 0.1) is 11.8 Å². The topological polar surface area (TPSA) is 66.4 Å². The molecule has 1 aliphatic rings. The van der Waals surface area contributed by atoms with Gasteiger partial charge in [-0.3, -0.25) is 4.79 Å². The molecule has 0 radical (unpaired) electrons. The number of amides is 1. The fourth-order valence-electron chi connectivity index (χ4n) is 3.26. The SMILES string of the molecule is O=C(CC1CCC(C(F)(F)F)CC1)NC(Cc1ccccc1)C(=O)O. The molecule has 1 atom stereocenters. The van der Waals surface area contributed by atoms with Crippen LogP contribution in [0.1, 0.15) is 37.7 Å². The molecule has 4 nitrogen and oxygen atoms in total. The van der Waals surface area contributed by atoms with E-state index in [4.69, 9.17) is 0 Å². The lowest BCUT2D eigenvalue weighted by atomic mass is 9.80. The van der Waals surface area contributed by atoms with E-state index in [1.165, 1.54) is 0 Å². The van der Waals surface area contributed by atoms with E-state index in [-0.39, 0.29) is 31.6 Å². The molecular formula is C18H22F3NO3. The molecule has 25 heavy (non-hydrogen) atoms. The normalized spacial score (nSPS) is 22.2. The maximum absolute atomic E-state index is 12.7. The van der Waals surface area contributed by atoms with Gasteiger partial charge in [-0.15, -0.1) is 0 Å². The molecule has 1 fully saturated rings. The zero-order chi connectivity index (χ0) is 18.4. The molecule has 1 saturated carbocycles. The molecule has 0 saturated heterocycles. The largest absolute Gasteiger partial charge is 0.480 e. The fourth-order valence-corrected chi connectivity index (χ4v) is 3.26. The number of carbonyl (C=O) groups is 2. The Balaban J connectivity index is 1.83. The van der Waals surface area contributed by atoms with E-state index in [0.29, 0.717) is 12.8 Å². The van der Waals surface area contributed by atoms with Gasteiger partial charge in [0.1, 0.15) is 6.04 Å². The minimum atomic E-state index is -4.17. The summed E-state index contributed by atoms with van der Waals surface area (Å²) in [4.78, 5) is 23.4. The molecule has 138 valence electrons. The smallest absolute Gasteiger partial charge is 0.391 e. The minimum Gasteiger partial charge on any atom is -0.480 e. The lowest BCUT2D eigenvalue weighted by Gasteiger charge is -2.29. The first-order valence-corrected chi connectivity index (χ1v) is 8.38. The third-order valence-corrected chi connectivity index (χ3v) is 4.70. The number of hydrogen-bond acceptors (Lipinski definition) is 2. The number of carbonyl (C=O) groups excluding carboxylic acids is 1. The van der Waals surface area contributed by atoms with Crippen LogP contribution >= 0.6 is 0 Å². The molecule has 0 heterocycles. The Morgan fingerprint density at radius 1 is 1.12 bits per heavy atom. The predicted molar refractivity (Wildman–Crippen MR) is 85.8 cm³/mol. The summed E-state index contributed by atoms with van der Waals surface area (Å²) in [6, 6.07) is 7.90. The Kier molecular flexibility index (Phi) is 6.45. The van der Waals surface area contributed by atoms with Gasteiger partial charge in [-0.1, -0.05) is 30.3 Å². The number of halogens is 3. The number of aliphatic carboxylic acids is 1. The van der Waals surface area contributed by atoms with Crippen molar-refractivity contribution in [2.75, 3.05) is 0 Å². The lowest BCUT2D eigenvalue weighted by molar-refractivity contribution is -0.184. The summed E-state index contributed by atoms with van der Waals surface area (Å²) in [5.74, 6) is -2.95.